The second-order valence-corrected chi connectivity index (χ2v) is 8.95. The Bertz CT molecular complexity index is 1430. The summed E-state index contributed by atoms with van der Waals surface area (Å²) >= 11 is 12.3. The fraction of sp³-hybridized carbons (Fsp3) is 0.148. The molecule has 0 saturated carbocycles. The van der Waals surface area contributed by atoms with Gasteiger partial charge in [-0.15, -0.1) is 0 Å². The van der Waals surface area contributed by atoms with Crippen molar-refractivity contribution in [1.82, 2.24) is 14.9 Å². The van der Waals surface area contributed by atoms with Gasteiger partial charge >= 0.3 is 5.97 Å². The van der Waals surface area contributed by atoms with Crippen molar-refractivity contribution in [3.63, 3.8) is 0 Å². The number of hydrogen-bond acceptors (Lipinski definition) is 5. The maximum Gasteiger partial charge on any atom is 0.337 e. The van der Waals surface area contributed by atoms with Crippen molar-refractivity contribution in [2.45, 2.75) is 12.1 Å². The Hall–Kier alpha value is -3.88. The predicted molar refractivity (Wildman–Crippen MR) is 143 cm³/mol. The highest BCUT2D eigenvalue weighted by Crippen LogP contribution is 2.43. The fourth-order valence-corrected chi connectivity index (χ4v) is 5.11. The number of benzene rings is 2. The van der Waals surface area contributed by atoms with Gasteiger partial charge in [-0.1, -0.05) is 23.7 Å². The third-order valence-corrected chi connectivity index (χ3v) is 6.75. The van der Waals surface area contributed by atoms with E-state index in [1.54, 1.807) is 25.4 Å². The first-order valence-electron chi connectivity index (χ1n) is 11.2. The molecule has 182 valence electrons. The SMILES string of the molecule is COC(=O)c1cccc(-n2cccc2[C@H]2[C@@H](c3ccccn3)NC(=S)N2c2ccc(OC)c(Cl)c2)c1. The van der Waals surface area contributed by atoms with Crippen molar-refractivity contribution in [2.75, 3.05) is 19.1 Å². The number of pyridine rings is 1. The van der Waals surface area contributed by atoms with Crippen molar-refractivity contribution in [3.8, 4) is 11.4 Å². The number of hydrogen-bond donors (Lipinski definition) is 1. The number of thiocarbonyl (C=S) groups is 1. The second-order valence-electron chi connectivity index (χ2n) is 8.16. The van der Waals surface area contributed by atoms with Crippen LogP contribution in [0.1, 0.15) is 33.8 Å². The summed E-state index contributed by atoms with van der Waals surface area (Å²) in [6.45, 7) is 0. The van der Waals surface area contributed by atoms with Crippen molar-refractivity contribution in [1.29, 1.82) is 0 Å². The highest BCUT2D eigenvalue weighted by atomic mass is 35.5. The number of nitrogens with zero attached hydrogens (tertiary/aromatic N) is 3. The Kier molecular flexibility index (Phi) is 6.63. The highest BCUT2D eigenvalue weighted by molar-refractivity contribution is 7.80. The molecule has 1 fully saturated rings. The number of carbonyl (C=O) groups excluding carboxylic acids is 1. The minimum atomic E-state index is -0.393. The van der Waals surface area contributed by atoms with Crippen LogP contribution < -0.4 is 15.0 Å². The summed E-state index contributed by atoms with van der Waals surface area (Å²) in [5, 5.41) is 4.49. The molecule has 1 saturated heterocycles. The quantitative estimate of drug-likeness (QED) is 0.267. The van der Waals surface area contributed by atoms with E-state index < -0.39 is 5.97 Å². The number of aromatic nitrogens is 2. The van der Waals surface area contributed by atoms with Crippen LogP contribution >= 0.6 is 23.8 Å². The normalized spacial score (nSPS) is 17.1. The number of rotatable bonds is 6. The van der Waals surface area contributed by atoms with E-state index in [-0.39, 0.29) is 12.1 Å². The maximum absolute atomic E-state index is 12.2. The van der Waals surface area contributed by atoms with Gasteiger partial charge in [0, 0.05) is 29.5 Å². The molecule has 5 rings (SSSR count). The number of methoxy groups -OCH3 is 2. The largest absolute Gasteiger partial charge is 0.495 e. The van der Waals surface area contributed by atoms with E-state index in [1.807, 2.05) is 76.3 Å². The van der Waals surface area contributed by atoms with Gasteiger partial charge < -0.3 is 24.3 Å². The number of ether oxygens (including phenoxy) is 2. The Balaban J connectivity index is 1.65. The minimum absolute atomic E-state index is 0.239. The van der Waals surface area contributed by atoms with Gasteiger partial charge in [0.2, 0.25) is 0 Å². The number of anilines is 1. The molecule has 9 heteroatoms. The third kappa shape index (κ3) is 4.29. The Morgan fingerprint density at radius 3 is 2.61 bits per heavy atom. The molecule has 2 atom stereocenters. The predicted octanol–water partition coefficient (Wildman–Crippen LogP) is 5.50. The average Bonchev–Trinajstić information content (AvgIpc) is 3.53. The summed E-state index contributed by atoms with van der Waals surface area (Å²) < 4.78 is 12.3. The van der Waals surface area contributed by atoms with Crippen molar-refractivity contribution >= 4 is 40.6 Å². The van der Waals surface area contributed by atoms with Crippen LogP contribution in [0.25, 0.3) is 5.69 Å². The van der Waals surface area contributed by atoms with Crippen molar-refractivity contribution < 1.29 is 14.3 Å². The fourth-order valence-electron chi connectivity index (χ4n) is 4.51. The lowest BCUT2D eigenvalue weighted by Gasteiger charge is -2.29. The highest BCUT2D eigenvalue weighted by Gasteiger charge is 2.42. The smallest absolute Gasteiger partial charge is 0.337 e. The van der Waals surface area contributed by atoms with Crippen molar-refractivity contribution in [3.05, 3.63) is 107 Å². The number of nitrogens with one attached hydrogen (secondary N) is 1. The zero-order valence-electron chi connectivity index (χ0n) is 19.6. The van der Waals surface area contributed by atoms with Gasteiger partial charge in [0.25, 0.3) is 0 Å². The molecule has 0 spiro atoms. The molecule has 2 aromatic heterocycles. The van der Waals surface area contributed by atoms with Crippen molar-refractivity contribution in [2.24, 2.45) is 0 Å². The lowest BCUT2D eigenvalue weighted by molar-refractivity contribution is 0.0600. The van der Waals surface area contributed by atoms with Crippen LogP contribution in [-0.2, 0) is 4.74 Å². The molecule has 0 unspecified atom stereocenters. The summed E-state index contributed by atoms with van der Waals surface area (Å²) in [5.41, 5.74) is 3.91. The lowest BCUT2D eigenvalue weighted by atomic mass is 10.0. The van der Waals surface area contributed by atoms with E-state index in [2.05, 4.69) is 10.3 Å². The summed E-state index contributed by atoms with van der Waals surface area (Å²) in [6.07, 6.45) is 3.73. The topological polar surface area (TPSA) is 68.6 Å². The number of carbonyl (C=O) groups is 1. The van der Waals surface area contributed by atoms with Gasteiger partial charge in [0.15, 0.2) is 5.11 Å². The maximum atomic E-state index is 12.2. The monoisotopic (exact) mass is 518 g/mol. The molecule has 1 aliphatic rings. The number of esters is 1. The van der Waals surface area contributed by atoms with E-state index in [0.29, 0.717) is 21.4 Å². The lowest BCUT2D eigenvalue weighted by Crippen LogP contribution is -2.30. The summed E-state index contributed by atoms with van der Waals surface area (Å²) in [6, 6.07) is 22.2. The summed E-state index contributed by atoms with van der Waals surface area (Å²) in [5.74, 6) is 0.189. The minimum Gasteiger partial charge on any atom is -0.495 e. The first-order valence-corrected chi connectivity index (χ1v) is 12.0. The Labute approximate surface area is 219 Å². The van der Waals surface area contributed by atoms with Crippen LogP contribution in [0.15, 0.2) is 85.2 Å². The molecule has 0 aliphatic carbocycles. The van der Waals surface area contributed by atoms with Gasteiger partial charge in [0.05, 0.1) is 36.5 Å². The molecule has 3 heterocycles. The van der Waals surface area contributed by atoms with E-state index in [4.69, 9.17) is 33.3 Å². The van der Waals surface area contributed by atoms with Gasteiger partial charge in [-0.2, -0.15) is 0 Å². The molecule has 2 aromatic carbocycles. The van der Waals surface area contributed by atoms with Gasteiger partial charge in [0.1, 0.15) is 11.8 Å². The van der Waals surface area contributed by atoms with Crippen LogP contribution in [0.4, 0.5) is 5.69 Å². The molecule has 0 amide bonds. The van der Waals surface area contributed by atoms with E-state index in [1.165, 1.54) is 7.11 Å². The Morgan fingerprint density at radius 2 is 1.89 bits per heavy atom. The average molecular weight is 519 g/mol. The second kappa shape index (κ2) is 10.0. The van der Waals surface area contributed by atoms with Crippen LogP contribution in [0.5, 0.6) is 5.75 Å². The molecule has 7 nitrogen and oxygen atoms in total. The Morgan fingerprint density at radius 1 is 1.03 bits per heavy atom. The van der Waals surface area contributed by atoms with Crippen LogP contribution in [0.2, 0.25) is 5.02 Å². The van der Waals surface area contributed by atoms with Crippen LogP contribution in [0, 0.1) is 0 Å². The van der Waals surface area contributed by atoms with E-state index >= 15 is 0 Å². The summed E-state index contributed by atoms with van der Waals surface area (Å²) in [4.78, 5) is 18.8. The molecule has 36 heavy (non-hydrogen) atoms. The van der Waals surface area contributed by atoms with Crippen LogP contribution in [0.3, 0.4) is 0 Å². The molecule has 0 bridgehead atoms. The standard InChI is InChI=1S/C27H23ClN4O3S/c1-34-23-12-11-19(16-20(23)28)32-25(24(30-27(32)36)21-9-3-4-13-29-21)22-10-6-14-31(22)18-8-5-7-17(15-18)26(33)35-2/h3-16,24-25H,1-2H3,(H,30,36)/t24-,25+/m1/s1. The van der Waals surface area contributed by atoms with Gasteiger partial charge in [-0.25, -0.2) is 4.79 Å². The van der Waals surface area contributed by atoms with E-state index in [9.17, 15) is 4.79 Å². The molecule has 0 radical (unpaired) electrons. The molecule has 1 N–H and O–H groups in total. The molecule has 4 aromatic rings. The van der Waals surface area contributed by atoms with E-state index in [0.717, 1.165) is 22.8 Å². The molecular weight excluding hydrogens is 496 g/mol. The van der Waals surface area contributed by atoms with Crippen LogP contribution in [-0.4, -0.2) is 34.9 Å². The zero-order chi connectivity index (χ0) is 25.2. The zero-order valence-corrected chi connectivity index (χ0v) is 21.2. The number of halogens is 1. The van der Waals surface area contributed by atoms with Gasteiger partial charge in [-0.3, -0.25) is 4.98 Å². The van der Waals surface area contributed by atoms with Gasteiger partial charge in [-0.05, 0) is 72.9 Å². The molecule has 1 aliphatic heterocycles. The molecular formula is C27H23ClN4O3S. The third-order valence-electron chi connectivity index (χ3n) is 6.14. The first-order chi connectivity index (χ1) is 17.5. The summed E-state index contributed by atoms with van der Waals surface area (Å²) in [7, 11) is 2.95. The first kappa shape index (κ1) is 23.8.